The van der Waals surface area contributed by atoms with E-state index in [9.17, 15) is 13.2 Å². The number of sulfonamides is 1. The molecule has 136 valence electrons. The van der Waals surface area contributed by atoms with Crippen molar-refractivity contribution in [3.8, 4) is 0 Å². The van der Waals surface area contributed by atoms with Gasteiger partial charge in [0.15, 0.2) is 0 Å². The van der Waals surface area contributed by atoms with Crippen LogP contribution in [0.15, 0.2) is 24.3 Å². The van der Waals surface area contributed by atoms with Crippen LogP contribution in [-0.2, 0) is 20.2 Å². The fourth-order valence-corrected chi connectivity index (χ4v) is 2.98. The lowest BCUT2D eigenvalue weighted by Gasteiger charge is -2.25. The van der Waals surface area contributed by atoms with E-state index in [1.54, 1.807) is 12.1 Å². The van der Waals surface area contributed by atoms with Gasteiger partial charge >= 0.3 is 0 Å². The number of nitrogens with zero attached hydrogens (tertiary/aromatic N) is 1. The van der Waals surface area contributed by atoms with Crippen molar-refractivity contribution in [2.75, 3.05) is 17.1 Å². The van der Waals surface area contributed by atoms with E-state index in [1.807, 2.05) is 32.9 Å². The van der Waals surface area contributed by atoms with Crippen molar-refractivity contribution >= 4 is 21.6 Å². The molecule has 0 saturated carbocycles. The Kier molecular flexibility index (Phi) is 6.45. The summed E-state index contributed by atoms with van der Waals surface area (Å²) in [5, 5.41) is 2.84. The van der Waals surface area contributed by atoms with Gasteiger partial charge in [-0.2, -0.15) is 0 Å². The van der Waals surface area contributed by atoms with Crippen molar-refractivity contribution in [3.63, 3.8) is 0 Å². The summed E-state index contributed by atoms with van der Waals surface area (Å²) in [4.78, 5) is 12.2. The Labute approximate surface area is 146 Å². The summed E-state index contributed by atoms with van der Waals surface area (Å²) < 4.78 is 25.4. The van der Waals surface area contributed by atoms with Gasteiger partial charge < -0.3 is 5.32 Å². The quantitative estimate of drug-likeness (QED) is 0.854. The Bertz CT molecular complexity index is 658. The fourth-order valence-electron chi connectivity index (χ4n) is 2.12. The molecule has 0 radical (unpaired) electrons. The Morgan fingerprint density at radius 3 is 2.00 bits per heavy atom. The van der Waals surface area contributed by atoms with Gasteiger partial charge in [0.2, 0.25) is 15.9 Å². The maximum absolute atomic E-state index is 12.2. The molecule has 1 atom stereocenters. The molecule has 0 unspecified atom stereocenters. The molecule has 6 heteroatoms. The van der Waals surface area contributed by atoms with Crippen LogP contribution in [0, 0.1) is 5.92 Å². The van der Waals surface area contributed by atoms with E-state index < -0.39 is 10.0 Å². The fraction of sp³-hybridized carbons (Fsp3) is 0.611. The highest BCUT2D eigenvalue weighted by molar-refractivity contribution is 7.92. The molecule has 1 aromatic rings. The smallest absolute Gasteiger partial charge is 0.240 e. The van der Waals surface area contributed by atoms with Crippen molar-refractivity contribution in [1.82, 2.24) is 5.32 Å². The van der Waals surface area contributed by atoms with Crippen molar-refractivity contribution in [3.05, 3.63) is 29.8 Å². The minimum Gasteiger partial charge on any atom is -0.352 e. The van der Waals surface area contributed by atoms with Crippen LogP contribution in [0.1, 0.15) is 47.1 Å². The summed E-state index contributed by atoms with van der Waals surface area (Å²) in [5.74, 6) is -0.0202. The molecule has 24 heavy (non-hydrogen) atoms. The first-order valence-electron chi connectivity index (χ1n) is 8.20. The van der Waals surface area contributed by atoms with Gasteiger partial charge in [-0.3, -0.25) is 9.10 Å². The number of carbonyl (C=O) groups excluding carboxylic acids is 1. The van der Waals surface area contributed by atoms with Gasteiger partial charge in [-0.1, -0.05) is 46.8 Å². The lowest BCUT2D eigenvalue weighted by molar-refractivity contribution is -0.120. The van der Waals surface area contributed by atoms with Crippen LogP contribution in [0.25, 0.3) is 0 Å². The molecular weight excluding hydrogens is 324 g/mol. The number of carbonyl (C=O) groups is 1. The topological polar surface area (TPSA) is 66.5 Å². The Balaban J connectivity index is 3.01. The van der Waals surface area contributed by atoms with Crippen molar-refractivity contribution in [1.29, 1.82) is 0 Å². The molecule has 0 saturated heterocycles. The monoisotopic (exact) mass is 354 g/mol. The van der Waals surface area contributed by atoms with E-state index in [-0.39, 0.29) is 29.8 Å². The molecule has 0 bridgehead atoms. The Morgan fingerprint density at radius 1 is 1.12 bits per heavy atom. The second-order valence-electron chi connectivity index (χ2n) is 7.67. The van der Waals surface area contributed by atoms with Crippen molar-refractivity contribution < 1.29 is 13.2 Å². The first kappa shape index (κ1) is 20.5. The van der Waals surface area contributed by atoms with Crippen LogP contribution in [0.3, 0.4) is 0 Å². The maximum Gasteiger partial charge on any atom is 0.240 e. The number of hydrogen-bond acceptors (Lipinski definition) is 3. The van der Waals surface area contributed by atoms with E-state index in [4.69, 9.17) is 0 Å². The molecular formula is C18H30N2O3S. The highest BCUT2D eigenvalue weighted by Gasteiger charge is 2.23. The molecule has 1 aromatic carbocycles. The largest absolute Gasteiger partial charge is 0.352 e. The standard InChI is InChI=1S/C18H30N2O3S/c1-13(2)14(3)19-17(21)12-20(24(7,22)23)16-10-8-15(9-11-16)18(4,5)6/h8-11,13-14H,12H2,1-7H3,(H,19,21)/t14-/m0/s1. The molecule has 0 aromatic heterocycles. The summed E-state index contributed by atoms with van der Waals surface area (Å²) >= 11 is 0. The predicted molar refractivity (Wildman–Crippen MR) is 99.8 cm³/mol. The molecule has 1 amide bonds. The molecule has 0 heterocycles. The SMILES string of the molecule is CC(C)[C@H](C)NC(=O)CN(c1ccc(C(C)(C)C)cc1)S(C)(=O)=O. The van der Waals surface area contributed by atoms with E-state index in [0.717, 1.165) is 16.1 Å². The maximum atomic E-state index is 12.2. The van der Waals surface area contributed by atoms with Gasteiger partial charge in [0.25, 0.3) is 0 Å². The van der Waals surface area contributed by atoms with Crippen LogP contribution in [0.5, 0.6) is 0 Å². The number of hydrogen-bond donors (Lipinski definition) is 1. The highest BCUT2D eigenvalue weighted by atomic mass is 32.2. The van der Waals surface area contributed by atoms with Crippen LogP contribution >= 0.6 is 0 Å². The van der Waals surface area contributed by atoms with Crippen LogP contribution in [0.4, 0.5) is 5.69 Å². The zero-order chi connectivity index (χ0) is 18.7. The number of nitrogens with one attached hydrogen (secondary N) is 1. The lowest BCUT2D eigenvalue weighted by Crippen LogP contribution is -2.44. The van der Waals surface area contributed by atoms with Crippen molar-refractivity contribution in [2.24, 2.45) is 5.92 Å². The molecule has 0 aliphatic heterocycles. The minimum atomic E-state index is -3.54. The van der Waals surface area contributed by atoms with Gasteiger partial charge in [-0.15, -0.1) is 0 Å². The summed E-state index contributed by atoms with van der Waals surface area (Å²) in [7, 11) is -3.54. The summed E-state index contributed by atoms with van der Waals surface area (Å²) in [5.41, 5.74) is 1.59. The van der Waals surface area contributed by atoms with Crippen LogP contribution < -0.4 is 9.62 Å². The van der Waals surface area contributed by atoms with Gasteiger partial charge in [0, 0.05) is 6.04 Å². The second-order valence-corrected chi connectivity index (χ2v) is 9.57. The average molecular weight is 355 g/mol. The molecule has 0 aliphatic rings. The van der Waals surface area contributed by atoms with Gasteiger partial charge in [0.1, 0.15) is 6.54 Å². The van der Waals surface area contributed by atoms with Gasteiger partial charge in [0.05, 0.1) is 11.9 Å². The normalized spacial score (nSPS) is 13.7. The van der Waals surface area contributed by atoms with Gasteiger partial charge in [-0.05, 0) is 36.0 Å². The summed E-state index contributed by atoms with van der Waals surface area (Å²) in [6, 6.07) is 7.30. The molecule has 5 nitrogen and oxygen atoms in total. The van der Waals surface area contributed by atoms with Gasteiger partial charge in [-0.25, -0.2) is 8.42 Å². The summed E-state index contributed by atoms with van der Waals surface area (Å²) in [6.45, 7) is 12.0. The van der Waals surface area contributed by atoms with Crippen LogP contribution in [-0.4, -0.2) is 33.2 Å². The molecule has 1 N–H and O–H groups in total. The zero-order valence-electron chi connectivity index (χ0n) is 15.8. The summed E-state index contributed by atoms with van der Waals surface area (Å²) in [6.07, 6.45) is 1.11. The molecule has 0 spiro atoms. The molecule has 0 aliphatic carbocycles. The Morgan fingerprint density at radius 2 is 1.62 bits per heavy atom. The lowest BCUT2D eigenvalue weighted by atomic mass is 9.87. The third kappa shape index (κ3) is 5.82. The minimum absolute atomic E-state index is 0.0119. The number of rotatable bonds is 6. The highest BCUT2D eigenvalue weighted by Crippen LogP contribution is 2.25. The number of benzene rings is 1. The van der Waals surface area contributed by atoms with E-state index in [1.165, 1.54) is 0 Å². The first-order chi connectivity index (χ1) is 10.8. The average Bonchev–Trinajstić information content (AvgIpc) is 2.42. The molecule has 1 rings (SSSR count). The zero-order valence-corrected chi connectivity index (χ0v) is 16.6. The van der Waals surface area contributed by atoms with Crippen molar-refractivity contribution in [2.45, 2.75) is 53.0 Å². The van der Waals surface area contributed by atoms with E-state index >= 15 is 0 Å². The third-order valence-electron chi connectivity index (χ3n) is 4.10. The Hall–Kier alpha value is -1.56. The van der Waals surface area contributed by atoms with E-state index in [2.05, 4.69) is 26.1 Å². The molecule has 0 fully saturated rings. The number of anilines is 1. The second kappa shape index (κ2) is 7.55. The predicted octanol–water partition coefficient (Wildman–Crippen LogP) is 2.91. The third-order valence-corrected chi connectivity index (χ3v) is 5.24. The van der Waals surface area contributed by atoms with E-state index in [0.29, 0.717) is 5.69 Å². The number of amides is 1. The van der Waals surface area contributed by atoms with Crippen LogP contribution in [0.2, 0.25) is 0 Å². The first-order valence-corrected chi connectivity index (χ1v) is 10.0.